The van der Waals surface area contributed by atoms with Gasteiger partial charge in [-0.15, -0.1) is 0 Å². The molecule has 0 unspecified atom stereocenters. The van der Waals surface area contributed by atoms with Gasteiger partial charge in [-0.3, -0.25) is 4.90 Å². The van der Waals surface area contributed by atoms with E-state index in [1.54, 1.807) is 0 Å². The molecule has 17 heavy (non-hydrogen) atoms. The second kappa shape index (κ2) is 6.71. The van der Waals surface area contributed by atoms with Gasteiger partial charge in [-0.25, -0.2) is 8.42 Å². The lowest BCUT2D eigenvalue weighted by molar-refractivity contribution is 0.178. The second-order valence-corrected chi connectivity index (χ2v) is 7.67. The van der Waals surface area contributed by atoms with Crippen LogP contribution in [0.4, 0.5) is 0 Å². The van der Waals surface area contributed by atoms with Crippen molar-refractivity contribution in [3.05, 3.63) is 0 Å². The van der Waals surface area contributed by atoms with Crippen molar-refractivity contribution >= 4 is 9.84 Å². The van der Waals surface area contributed by atoms with Crippen LogP contribution in [0.5, 0.6) is 0 Å². The predicted molar refractivity (Wildman–Crippen MR) is 72.0 cm³/mol. The average molecular weight is 262 g/mol. The maximum absolute atomic E-state index is 11.2. The highest BCUT2D eigenvalue weighted by atomic mass is 32.2. The second-order valence-electron chi connectivity index (χ2n) is 5.41. The molecule has 0 aromatic carbocycles. The molecule has 0 amide bonds. The molecule has 102 valence electrons. The molecule has 1 aliphatic heterocycles. The highest BCUT2D eigenvalue weighted by Gasteiger charge is 2.19. The van der Waals surface area contributed by atoms with Crippen LogP contribution >= 0.6 is 0 Å². The molecule has 0 saturated carbocycles. The minimum absolute atomic E-state index is 0.274. The topological polar surface area (TPSA) is 49.4 Å². The van der Waals surface area contributed by atoms with E-state index in [1.807, 2.05) is 0 Å². The first-order valence-corrected chi connectivity index (χ1v) is 8.57. The Kier molecular flexibility index (Phi) is 5.89. The van der Waals surface area contributed by atoms with Crippen LogP contribution in [0.25, 0.3) is 0 Å². The van der Waals surface area contributed by atoms with Crippen LogP contribution in [0.3, 0.4) is 0 Å². The summed E-state index contributed by atoms with van der Waals surface area (Å²) in [6.07, 6.45) is 3.74. The van der Waals surface area contributed by atoms with Crippen molar-refractivity contribution in [1.82, 2.24) is 10.2 Å². The third-order valence-electron chi connectivity index (χ3n) is 3.43. The summed E-state index contributed by atoms with van der Waals surface area (Å²) < 4.78 is 22.4. The number of hydrogen-bond donors (Lipinski definition) is 1. The molecule has 4 nitrogen and oxygen atoms in total. The minimum Gasteiger partial charge on any atom is -0.317 e. The smallest absolute Gasteiger partial charge is 0.148 e. The van der Waals surface area contributed by atoms with Gasteiger partial charge in [0.1, 0.15) is 9.84 Å². The van der Waals surface area contributed by atoms with Crippen molar-refractivity contribution in [1.29, 1.82) is 0 Å². The summed E-state index contributed by atoms with van der Waals surface area (Å²) in [6.45, 7) is 8.19. The van der Waals surface area contributed by atoms with E-state index in [0.717, 1.165) is 25.6 Å². The van der Waals surface area contributed by atoms with Gasteiger partial charge in [0.2, 0.25) is 0 Å². The maximum Gasteiger partial charge on any atom is 0.148 e. The van der Waals surface area contributed by atoms with Gasteiger partial charge >= 0.3 is 0 Å². The molecule has 0 atom stereocenters. The van der Waals surface area contributed by atoms with Gasteiger partial charge < -0.3 is 5.32 Å². The molecule has 5 heteroatoms. The van der Waals surface area contributed by atoms with E-state index in [4.69, 9.17) is 0 Å². The molecule has 1 aliphatic rings. The number of nitrogens with zero attached hydrogens (tertiary/aromatic N) is 1. The molecule has 0 aliphatic carbocycles. The molecule has 1 rings (SSSR count). The van der Waals surface area contributed by atoms with Crippen molar-refractivity contribution < 1.29 is 8.42 Å². The molecular weight excluding hydrogens is 236 g/mol. The van der Waals surface area contributed by atoms with Gasteiger partial charge in [0.05, 0.1) is 5.75 Å². The standard InChI is InChI=1S/C12H26N2O2S/c1-11(2)14(8-9-17(3,15)16)10-12-4-6-13-7-5-12/h11-13H,4-10H2,1-3H3. The average Bonchev–Trinajstić information content (AvgIpc) is 2.24. The summed E-state index contributed by atoms with van der Waals surface area (Å²) in [6, 6.07) is 0.423. The van der Waals surface area contributed by atoms with Crippen molar-refractivity contribution in [2.45, 2.75) is 32.7 Å². The molecule has 1 N–H and O–H groups in total. The van der Waals surface area contributed by atoms with Gasteiger partial charge in [-0.2, -0.15) is 0 Å². The summed E-state index contributed by atoms with van der Waals surface area (Å²) in [5, 5.41) is 3.36. The van der Waals surface area contributed by atoms with Gasteiger partial charge in [0.25, 0.3) is 0 Å². The Labute approximate surface area is 106 Å². The lowest BCUT2D eigenvalue weighted by atomic mass is 9.97. The van der Waals surface area contributed by atoms with Crippen LogP contribution in [0, 0.1) is 5.92 Å². The first-order valence-electron chi connectivity index (χ1n) is 6.51. The van der Waals surface area contributed by atoms with Gasteiger partial charge in [0, 0.05) is 25.4 Å². The molecule has 0 spiro atoms. The molecule has 1 heterocycles. The van der Waals surface area contributed by atoms with E-state index in [0.29, 0.717) is 12.6 Å². The van der Waals surface area contributed by atoms with Crippen LogP contribution in [-0.4, -0.2) is 57.5 Å². The fraction of sp³-hybridized carbons (Fsp3) is 1.00. The van der Waals surface area contributed by atoms with E-state index in [-0.39, 0.29) is 5.75 Å². The van der Waals surface area contributed by atoms with Crippen LogP contribution in [0.2, 0.25) is 0 Å². The van der Waals surface area contributed by atoms with E-state index in [2.05, 4.69) is 24.1 Å². The normalized spacial score (nSPS) is 19.1. The zero-order chi connectivity index (χ0) is 12.9. The van der Waals surface area contributed by atoms with Crippen molar-refractivity contribution in [2.24, 2.45) is 5.92 Å². The molecule has 0 radical (unpaired) electrons. The van der Waals surface area contributed by atoms with E-state index in [1.165, 1.54) is 19.1 Å². The number of hydrogen-bond acceptors (Lipinski definition) is 4. The molecule has 1 fully saturated rings. The number of rotatable bonds is 6. The highest BCUT2D eigenvalue weighted by molar-refractivity contribution is 7.90. The Balaban J connectivity index is 2.42. The largest absolute Gasteiger partial charge is 0.317 e. The van der Waals surface area contributed by atoms with Crippen LogP contribution in [0.1, 0.15) is 26.7 Å². The number of sulfone groups is 1. The Morgan fingerprint density at radius 3 is 2.35 bits per heavy atom. The van der Waals surface area contributed by atoms with Gasteiger partial charge in [0.15, 0.2) is 0 Å². The highest BCUT2D eigenvalue weighted by Crippen LogP contribution is 2.15. The third kappa shape index (κ3) is 6.38. The third-order valence-corrected chi connectivity index (χ3v) is 4.36. The zero-order valence-electron chi connectivity index (χ0n) is 11.3. The fourth-order valence-electron chi connectivity index (χ4n) is 2.24. The first kappa shape index (κ1) is 14.9. The Hall–Kier alpha value is -0.130. The summed E-state index contributed by atoms with van der Waals surface area (Å²) in [7, 11) is -2.85. The monoisotopic (exact) mass is 262 g/mol. The zero-order valence-corrected chi connectivity index (χ0v) is 12.1. The van der Waals surface area contributed by atoms with E-state index < -0.39 is 9.84 Å². The lowest BCUT2D eigenvalue weighted by Crippen LogP contribution is -2.41. The number of piperidine rings is 1. The fourth-order valence-corrected chi connectivity index (χ4v) is 2.81. The van der Waals surface area contributed by atoms with Crippen molar-refractivity contribution in [3.63, 3.8) is 0 Å². The van der Waals surface area contributed by atoms with Crippen LogP contribution < -0.4 is 5.32 Å². The quantitative estimate of drug-likeness (QED) is 0.767. The summed E-state index contributed by atoms with van der Waals surface area (Å²) in [5.74, 6) is 0.995. The van der Waals surface area contributed by atoms with Gasteiger partial charge in [-0.05, 0) is 45.7 Å². The molecular formula is C12H26N2O2S. The molecule has 0 aromatic rings. The Bertz CT molecular complexity index is 308. The maximum atomic E-state index is 11.2. The van der Waals surface area contributed by atoms with E-state index >= 15 is 0 Å². The Morgan fingerprint density at radius 1 is 1.29 bits per heavy atom. The summed E-state index contributed by atoms with van der Waals surface area (Å²) in [4.78, 5) is 2.30. The summed E-state index contributed by atoms with van der Waals surface area (Å²) in [5.41, 5.74) is 0. The van der Waals surface area contributed by atoms with E-state index in [9.17, 15) is 8.42 Å². The summed E-state index contributed by atoms with van der Waals surface area (Å²) >= 11 is 0. The molecule has 1 saturated heterocycles. The van der Waals surface area contributed by atoms with Crippen LogP contribution in [0.15, 0.2) is 0 Å². The minimum atomic E-state index is -2.85. The SMILES string of the molecule is CC(C)N(CCS(C)(=O)=O)CC1CCNCC1. The van der Waals surface area contributed by atoms with Gasteiger partial charge in [-0.1, -0.05) is 0 Å². The Morgan fingerprint density at radius 2 is 1.88 bits per heavy atom. The molecule has 0 aromatic heterocycles. The lowest BCUT2D eigenvalue weighted by Gasteiger charge is -2.32. The van der Waals surface area contributed by atoms with Crippen LogP contribution in [-0.2, 0) is 9.84 Å². The van der Waals surface area contributed by atoms with Crippen molar-refractivity contribution in [3.8, 4) is 0 Å². The predicted octanol–water partition coefficient (Wildman–Crippen LogP) is 0.741. The molecule has 0 bridgehead atoms. The van der Waals surface area contributed by atoms with Crippen molar-refractivity contribution in [2.75, 3.05) is 38.2 Å². The first-order chi connectivity index (χ1) is 7.88. The number of nitrogens with one attached hydrogen (secondary N) is 1.